The van der Waals surface area contributed by atoms with Crippen molar-refractivity contribution in [3.63, 3.8) is 0 Å². The summed E-state index contributed by atoms with van der Waals surface area (Å²) in [5.41, 5.74) is 1.66. The fourth-order valence-electron chi connectivity index (χ4n) is 2.46. The molecule has 142 valence electrons. The first-order valence-electron chi connectivity index (χ1n) is 8.80. The standard InChI is InChI=1S/C19H22N4O4/c1-4-9-25-15-5-7-16(8-6-15)26-10-11-27-18(24)17-21-19-20-13(2)12-14(3)23(19)22-17/h5-8,12H,4,9-11H2,1-3H3. The summed E-state index contributed by atoms with van der Waals surface area (Å²) >= 11 is 0. The molecule has 2 aromatic heterocycles. The van der Waals surface area contributed by atoms with Crippen LogP contribution in [0, 0.1) is 13.8 Å². The molecule has 0 radical (unpaired) electrons. The molecular weight excluding hydrogens is 348 g/mol. The summed E-state index contributed by atoms with van der Waals surface area (Å²) in [6.45, 7) is 6.79. The molecule has 0 spiro atoms. The van der Waals surface area contributed by atoms with E-state index in [0.29, 0.717) is 18.1 Å². The molecule has 1 aromatic carbocycles. The first kappa shape index (κ1) is 18.6. The molecule has 0 bridgehead atoms. The van der Waals surface area contributed by atoms with Gasteiger partial charge in [0.25, 0.3) is 11.6 Å². The molecule has 8 nitrogen and oxygen atoms in total. The highest BCUT2D eigenvalue weighted by atomic mass is 16.6. The summed E-state index contributed by atoms with van der Waals surface area (Å²) in [6, 6.07) is 9.17. The number of hydrogen-bond donors (Lipinski definition) is 0. The average molecular weight is 370 g/mol. The minimum absolute atomic E-state index is 0.0198. The van der Waals surface area contributed by atoms with Crippen LogP contribution in [0.3, 0.4) is 0 Å². The van der Waals surface area contributed by atoms with Gasteiger partial charge in [0, 0.05) is 11.4 Å². The number of fused-ring (bicyclic) bond motifs is 1. The minimum atomic E-state index is -0.607. The summed E-state index contributed by atoms with van der Waals surface area (Å²) in [5.74, 6) is 1.22. The van der Waals surface area contributed by atoms with E-state index >= 15 is 0 Å². The van der Waals surface area contributed by atoms with Gasteiger partial charge >= 0.3 is 5.97 Å². The van der Waals surface area contributed by atoms with Gasteiger partial charge in [-0.15, -0.1) is 5.10 Å². The smallest absolute Gasteiger partial charge is 0.378 e. The number of carbonyl (C=O) groups is 1. The molecule has 0 saturated heterocycles. The van der Waals surface area contributed by atoms with Crippen molar-refractivity contribution in [2.75, 3.05) is 19.8 Å². The minimum Gasteiger partial charge on any atom is -0.494 e. The van der Waals surface area contributed by atoms with E-state index in [1.807, 2.05) is 44.2 Å². The van der Waals surface area contributed by atoms with E-state index in [0.717, 1.165) is 23.6 Å². The summed E-state index contributed by atoms with van der Waals surface area (Å²) in [4.78, 5) is 20.5. The molecular formula is C19H22N4O4. The maximum atomic E-state index is 12.1. The van der Waals surface area contributed by atoms with Gasteiger partial charge in [0.15, 0.2) is 0 Å². The zero-order valence-electron chi connectivity index (χ0n) is 15.6. The Labute approximate surface area is 157 Å². The van der Waals surface area contributed by atoms with Crippen molar-refractivity contribution in [1.29, 1.82) is 0 Å². The zero-order valence-corrected chi connectivity index (χ0v) is 15.6. The Balaban J connectivity index is 1.49. The first-order valence-corrected chi connectivity index (χ1v) is 8.80. The third-order valence-corrected chi connectivity index (χ3v) is 3.68. The van der Waals surface area contributed by atoms with Gasteiger partial charge in [0.1, 0.15) is 24.7 Å². The average Bonchev–Trinajstić information content (AvgIpc) is 3.09. The van der Waals surface area contributed by atoms with E-state index in [-0.39, 0.29) is 19.0 Å². The van der Waals surface area contributed by atoms with Crippen molar-refractivity contribution in [3.8, 4) is 11.5 Å². The molecule has 0 amide bonds. The molecule has 8 heteroatoms. The highest BCUT2D eigenvalue weighted by Gasteiger charge is 2.16. The number of benzene rings is 1. The highest BCUT2D eigenvalue weighted by molar-refractivity contribution is 5.85. The van der Waals surface area contributed by atoms with Crippen molar-refractivity contribution >= 4 is 11.7 Å². The van der Waals surface area contributed by atoms with E-state index in [4.69, 9.17) is 14.2 Å². The molecule has 3 rings (SSSR count). The van der Waals surface area contributed by atoms with Crippen LogP contribution in [0.1, 0.15) is 35.4 Å². The molecule has 3 aromatic rings. The fraction of sp³-hybridized carbons (Fsp3) is 0.368. The van der Waals surface area contributed by atoms with Crippen LogP contribution in [0.2, 0.25) is 0 Å². The van der Waals surface area contributed by atoms with Gasteiger partial charge in [-0.2, -0.15) is 4.98 Å². The van der Waals surface area contributed by atoms with Crippen molar-refractivity contribution in [2.24, 2.45) is 0 Å². The van der Waals surface area contributed by atoms with E-state index in [2.05, 4.69) is 22.0 Å². The summed E-state index contributed by atoms with van der Waals surface area (Å²) in [5, 5.41) is 4.14. The molecule has 2 heterocycles. The largest absolute Gasteiger partial charge is 0.494 e. The Morgan fingerprint density at radius 2 is 1.67 bits per heavy atom. The van der Waals surface area contributed by atoms with Gasteiger partial charge in [-0.05, 0) is 50.6 Å². The number of aryl methyl sites for hydroxylation is 2. The molecule has 27 heavy (non-hydrogen) atoms. The number of carbonyl (C=O) groups excluding carboxylic acids is 1. The number of rotatable bonds is 8. The van der Waals surface area contributed by atoms with Crippen molar-refractivity contribution in [3.05, 3.63) is 47.5 Å². The van der Waals surface area contributed by atoms with E-state index in [9.17, 15) is 4.79 Å². The van der Waals surface area contributed by atoms with Gasteiger partial charge in [-0.1, -0.05) is 6.92 Å². The van der Waals surface area contributed by atoms with Crippen molar-refractivity contribution < 1.29 is 19.0 Å². The lowest BCUT2D eigenvalue weighted by atomic mass is 10.3. The van der Waals surface area contributed by atoms with E-state index < -0.39 is 5.97 Å². The molecule has 0 unspecified atom stereocenters. The lowest BCUT2D eigenvalue weighted by Gasteiger charge is -2.08. The molecule has 0 atom stereocenters. The van der Waals surface area contributed by atoms with Gasteiger partial charge in [-0.3, -0.25) is 0 Å². The van der Waals surface area contributed by atoms with Crippen LogP contribution < -0.4 is 9.47 Å². The Hall–Kier alpha value is -3.16. The number of hydrogen-bond acceptors (Lipinski definition) is 7. The normalized spacial score (nSPS) is 10.8. The Kier molecular flexibility index (Phi) is 5.85. The van der Waals surface area contributed by atoms with Crippen molar-refractivity contribution in [1.82, 2.24) is 19.6 Å². The van der Waals surface area contributed by atoms with Crippen LogP contribution in [0.5, 0.6) is 11.5 Å². The Morgan fingerprint density at radius 3 is 2.33 bits per heavy atom. The Bertz CT molecular complexity index is 921. The van der Waals surface area contributed by atoms with Gasteiger partial charge < -0.3 is 14.2 Å². The van der Waals surface area contributed by atoms with Gasteiger partial charge in [0.2, 0.25) is 0 Å². The second-order valence-corrected chi connectivity index (χ2v) is 5.99. The van der Waals surface area contributed by atoms with Crippen LogP contribution in [0.25, 0.3) is 5.78 Å². The van der Waals surface area contributed by atoms with Gasteiger partial charge in [0.05, 0.1) is 6.61 Å². The SMILES string of the molecule is CCCOc1ccc(OCCOC(=O)c2nc3nc(C)cc(C)n3n2)cc1. The Morgan fingerprint density at radius 1 is 1.00 bits per heavy atom. The fourth-order valence-corrected chi connectivity index (χ4v) is 2.46. The number of aromatic nitrogens is 4. The van der Waals surface area contributed by atoms with E-state index in [1.54, 1.807) is 0 Å². The monoisotopic (exact) mass is 370 g/mol. The third kappa shape index (κ3) is 4.72. The zero-order chi connectivity index (χ0) is 19.2. The molecule has 0 aliphatic rings. The van der Waals surface area contributed by atoms with Crippen LogP contribution in [-0.4, -0.2) is 45.4 Å². The van der Waals surface area contributed by atoms with Crippen LogP contribution in [-0.2, 0) is 4.74 Å². The molecule has 0 aliphatic heterocycles. The van der Waals surface area contributed by atoms with E-state index in [1.165, 1.54) is 4.52 Å². The number of esters is 1. The summed E-state index contributed by atoms with van der Waals surface area (Å²) < 4.78 is 17.8. The molecule has 0 fully saturated rings. The predicted molar refractivity (Wildman–Crippen MR) is 98.3 cm³/mol. The molecule has 0 saturated carbocycles. The lowest BCUT2D eigenvalue weighted by Crippen LogP contribution is -2.13. The molecule has 0 aliphatic carbocycles. The second kappa shape index (κ2) is 8.48. The number of ether oxygens (including phenoxy) is 3. The summed E-state index contributed by atoms with van der Waals surface area (Å²) in [6.07, 6.45) is 0.958. The second-order valence-electron chi connectivity index (χ2n) is 5.99. The highest BCUT2D eigenvalue weighted by Crippen LogP contribution is 2.17. The van der Waals surface area contributed by atoms with Crippen molar-refractivity contribution in [2.45, 2.75) is 27.2 Å². The summed E-state index contributed by atoms with van der Waals surface area (Å²) in [7, 11) is 0. The van der Waals surface area contributed by atoms with Crippen LogP contribution in [0.15, 0.2) is 30.3 Å². The predicted octanol–water partition coefficient (Wildman–Crippen LogP) is 2.77. The van der Waals surface area contributed by atoms with Crippen LogP contribution >= 0.6 is 0 Å². The number of nitrogens with zero attached hydrogens (tertiary/aromatic N) is 4. The third-order valence-electron chi connectivity index (χ3n) is 3.68. The quantitative estimate of drug-likeness (QED) is 0.445. The topological polar surface area (TPSA) is 87.8 Å². The lowest BCUT2D eigenvalue weighted by molar-refractivity contribution is 0.0436. The maximum Gasteiger partial charge on any atom is 0.378 e. The van der Waals surface area contributed by atoms with Gasteiger partial charge in [-0.25, -0.2) is 14.3 Å². The maximum absolute atomic E-state index is 12.1. The first-order chi connectivity index (χ1) is 13.1. The van der Waals surface area contributed by atoms with Crippen LogP contribution in [0.4, 0.5) is 0 Å². The molecule has 0 N–H and O–H groups in total.